The quantitative estimate of drug-likeness (QED) is 0.750. The van der Waals surface area contributed by atoms with Crippen LogP contribution in [-0.2, 0) is 9.59 Å². The van der Waals surface area contributed by atoms with E-state index in [1.807, 2.05) is 24.3 Å². The highest BCUT2D eigenvalue weighted by Crippen LogP contribution is 2.23. The van der Waals surface area contributed by atoms with Crippen molar-refractivity contribution in [2.45, 2.75) is 32.2 Å². The average Bonchev–Trinajstić information content (AvgIpc) is 2.76. The van der Waals surface area contributed by atoms with Gasteiger partial charge in [-0.3, -0.25) is 15.0 Å². The van der Waals surface area contributed by atoms with Crippen molar-refractivity contribution in [3.05, 3.63) is 29.8 Å². The van der Waals surface area contributed by atoms with E-state index < -0.39 is 6.04 Å². The topological polar surface area (TPSA) is 70.2 Å². The summed E-state index contributed by atoms with van der Waals surface area (Å²) in [6, 6.07) is 7.19. The van der Waals surface area contributed by atoms with Gasteiger partial charge in [0.15, 0.2) is 0 Å². The summed E-state index contributed by atoms with van der Waals surface area (Å²) in [6.45, 7) is 4.15. The summed E-state index contributed by atoms with van der Waals surface area (Å²) >= 11 is 0. The fourth-order valence-corrected chi connectivity index (χ4v) is 1.95. The molecule has 0 spiro atoms. The van der Waals surface area contributed by atoms with E-state index in [0.717, 1.165) is 11.3 Å². The van der Waals surface area contributed by atoms with Gasteiger partial charge in [0.1, 0.15) is 6.04 Å². The first kappa shape index (κ1) is 12.6. The van der Waals surface area contributed by atoms with Crippen LogP contribution in [0.3, 0.4) is 0 Å². The molecule has 18 heavy (non-hydrogen) atoms. The van der Waals surface area contributed by atoms with Crippen LogP contribution in [0, 0.1) is 0 Å². The molecule has 1 fully saturated rings. The van der Waals surface area contributed by atoms with Gasteiger partial charge in [0.2, 0.25) is 11.8 Å². The molecule has 1 aromatic carbocycles. The van der Waals surface area contributed by atoms with Crippen molar-refractivity contribution in [1.82, 2.24) is 10.9 Å². The van der Waals surface area contributed by atoms with Gasteiger partial charge in [-0.15, -0.1) is 0 Å². The Kier molecular flexibility index (Phi) is 3.62. The largest absolute Gasteiger partial charge is 0.324 e. The number of para-hydroxylation sites is 1. The number of amides is 2. The smallest absolute Gasteiger partial charge is 0.243 e. The molecule has 0 saturated carbocycles. The zero-order chi connectivity index (χ0) is 13.1. The van der Waals surface area contributed by atoms with Crippen molar-refractivity contribution in [3.63, 3.8) is 0 Å². The molecule has 2 amide bonds. The van der Waals surface area contributed by atoms with Crippen molar-refractivity contribution >= 4 is 17.5 Å². The summed E-state index contributed by atoms with van der Waals surface area (Å²) < 4.78 is 0. The summed E-state index contributed by atoms with van der Waals surface area (Å²) in [5.41, 5.74) is 6.98. The molecule has 5 nitrogen and oxygen atoms in total. The minimum absolute atomic E-state index is 0.160. The molecule has 0 bridgehead atoms. The Morgan fingerprint density at radius 1 is 1.39 bits per heavy atom. The molecule has 1 saturated heterocycles. The van der Waals surface area contributed by atoms with E-state index in [2.05, 4.69) is 30.0 Å². The lowest BCUT2D eigenvalue weighted by Gasteiger charge is -2.15. The van der Waals surface area contributed by atoms with Crippen molar-refractivity contribution < 1.29 is 9.59 Å². The Bertz CT molecular complexity index is 471. The van der Waals surface area contributed by atoms with Gasteiger partial charge in [-0.25, -0.2) is 5.43 Å². The van der Waals surface area contributed by atoms with Gasteiger partial charge in [0, 0.05) is 5.69 Å². The maximum Gasteiger partial charge on any atom is 0.243 e. The molecule has 3 N–H and O–H groups in total. The van der Waals surface area contributed by atoms with E-state index in [9.17, 15) is 9.59 Å². The number of hydrogen-bond donors (Lipinski definition) is 3. The standard InChI is InChI=1S/C13H17N3O2/c1-8(2)9-5-3-4-6-10(9)14-13(18)11-7-12(17)16-15-11/h3-6,8,11,15H,7H2,1-2H3,(H,14,18)(H,16,17). The van der Waals surface area contributed by atoms with Gasteiger partial charge in [0.25, 0.3) is 0 Å². The number of carbonyl (C=O) groups excluding carboxylic acids is 2. The third-order valence-corrected chi connectivity index (χ3v) is 2.93. The highest BCUT2D eigenvalue weighted by atomic mass is 16.2. The van der Waals surface area contributed by atoms with Crippen molar-refractivity contribution in [1.29, 1.82) is 0 Å². The van der Waals surface area contributed by atoms with Crippen molar-refractivity contribution in [3.8, 4) is 0 Å². The zero-order valence-electron chi connectivity index (χ0n) is 10.5. The molecule has 5 heteroatoms. The Labute approximate surface area is 106 Å². The Morgan fingerprint density at radius 3 is 2.72 bits per heavy atom. The molecule has 1 heterocycles. The van der Waals surface area contributed by atoms with Crippen LogP contribution < -0.4 is 16.2 Å². The molecule has 1 aliphatic rings. The lowest BCUT2D eigenvalue weighted by Crippen LogP contribution is -2.39. The number of anilines is 1. The molecular weight excluding hydrogens is 230 g/mol. The van der Waals surface area contributed by atoms with Crippen LogP contribution in [0.25, 0.3) is 0 Å². The van der Waals surface area contributed by atoms with Crippen LogP contribution in [0.15, 0.2) is 24.3 Å². The number of carbonyl (C=O) groups is 2. The third-order valence-electron chi connectivity index (χ3n) is 2.93. The monoisotopic (exact) mass is 247 g/mol. The van der Waals surface area contributed by atoms with E-state index in [0.29, 0.717) is 5.92 Å². The van der Waals surface area contributed by atoms with Crippen LogP contribution in [0.5, 0.6) is 0 Å². The highest BCUT2D eigenvalue weighted by molar-refractivity contribution is 5.99. The first-order chi connectivity index (χ1) is 8.58. The van der Waals surface area contributed by atoms with E-state index in [1.54, 1.807) is 0 Å². The minimum atomic E-state index is -0.502. The van der Waals surface area contributed by atoms with Gasteiger partial charge >= 0.3 is 0 Å². The number of hydrazine groups is 1. The minimum Gasteiger partial charge on any atom is -0.324 e. The Balaban J connectivity index is 2.09. The van der Waals surface area contributed by atoms with Gasteiger partial charge in [-0.1, -0.05) is 32.0 Å². The number of rotatable bonds is 3. The fraction of sp³-hybridized carbons (Fsp3) is 0.385. The first-order valence-electron chi connectivity index (χ1n) is 6.02. The summed E-state index contributed by atoms with van der Waals surface area (Å²) in [5.74, 6) is -0.0217. The predicted molar refractivity (Wildman–Crippen MR) is 68.8 cm³/mol. The number of nitrogens with one attached hydrogen (secondary N) is 3. The lowest BCUT2D eigenvalue weighted by molar-refractivity contribution is -0.121. The van der Waals surface area contributed by atoms with E-state index in [1.165, 1.54) is 0 Å². The Morgan fingerprint density at radius 2 is 2.11 bits per heavy atom. The SMILES string of the molecule is CC(C)c1ccccc1NC(=O)C1CC(=O)NN1. The van der Waals surface area contributed by atoms with Crippen molar-refractivity contribution in [2.24, 2.45) is 0 Å². The van der Waals surface area contributed by atoms with E-state index in [-0.39, 0.29) is 18.2 Å². The molecule has 0 aliphatic carbocycles. The molecule has 1 unspecified atom stereocenters. The maximum atomic E-state index is 12.0. The molecule has 1 atom stereocenters. The van der Waals surface area contributed by atoms with E-state index in [4.69, 9.17) is 0 Å². The second kappa shape index (κ2) is 5.18. The normalized spacial score (nSPS) is 18.8. The van der Waals surface area contributed by atoms with Gasteiger partial charge in [-0.05, 0) is 17.5 Å². The summed E-state index contributed by atoms with van der Waals surface area (Å²) in [6.07, 6.45) is 0.176. The molecular formula is C13H17N3O2. The number of benzene rings is 1. The first-order valence-corrected chi connectivity index (χ1v) is 6.02. The van der Waals surface area contributed by atoms with Gasteiger partial charge < -0.3 is 5.32 Å². The Hall–Kier alpha value is -1.88. The van der Waals surface area contributed by atoms with E-state index >= 15 is 0 Å². The molecule has 1 aliphatic heterocycles. The van der Waals surface area contributed by atoms with Crippen LogP contribution in [-0.4, -0.2) is 17.9 Å². The summed E-state index contributed by atoms with van der Waals surface area (Å²) in [7, 11) is 0. The molecule has 0 radical (unpaired) electrons. The summed E-state index contributed by atoms with van der Waals surface area (Å²) in [5, 5.41) is 2.86. The van der Waals surface area contributed by atoms with Crippen LogP contribution >= 0.6 is 0 Å². The predicted octanol–water partition coefficient (Wildman–Crippen LogP) is 1.14. The third kappa shape index (κ3) is 2.68. The molecule has 0 aromatic heterocycles. The maximum absolute atomic E-state index is 12.0. The van der Waals surface area contributed by atoms with Gasteiger partial charge in [0.05, 0.1) is 6.42 Å². The second-order valence-electron chi connectivity index (χ2n) is 4.68. The van der Waals surface area contributed by atoms with Crippen LogP contribution in [0.2, 0.25) is 0 Å². The summed E-state index contributed by atoms with van der Waals surface area (Å²) in [4.78, 5) is 23.0. The number of hydrogen-bond acceptors (Lipinski definition) is 3. The van der Waals surface area contributed by atoms with Crippen LogP contribution in [0.4, 0.5) is 5.69 Å². The van der Waals surface area contributed by atoms with Crippen LogP contribution in [0.1, 0.15) is 31.7 Å². The van der Waals surface area contributed by atoms with Gasteiger partial charge in [-0.2, -0.15) is 0 Å². The second-order valence-corrected chi connectivity index (χ2v) is 4.68. The molecule has 96 valence electrons. The molecule has 1 aromatic rings. The van der Waals surface area contributed by atoms with Crippen molar-refractivity contribution in [2.75, 3.05) is 5.32 Å². The lowest BCUT2D eigenvalue weighted by atomic mass is 10.0. The fourth-order valence-electron chi connectivity index (χ4n) is 1.95. The molecule has 2 rings (SSSR count). The zero-order valence-corrected chi connectivity index (χ0v) is 10.5. The highest BCUT2D eigenvalue weighted by Gasteiger charge is 2.27. The average molecular weight is 247 g/mol.